The summed E-state index contributed by atoms with van der Waals surface area (Å²) in [5.74, 6) is 0.595. The van der Waals surface area contributed by atoms with Crippen LogP contribution in [0.15, 0.2) is 42.9 Å². The maximum atomic E-state index is 11.3. The largest absolute Gasteiger partial charge is 0.351 e. The molecule has 1 aliphatic carbocycles. The molecule has 1 amide bonds. The van der Waals surface area contributed by atoms with Crippen molar-refractivity contribution in [1.29, 1.82) is 0 Å². The van der Waals surface area contributed by atoms with E-state index < -0.39 is 0 Å². The summed E-state index contributed by atoms with van der Waals surface area (Å²) in [6.45, 7) is 3.61. The number of rotatable bonds is 4. The minimum absolute atomic E-state index is 0.00303. The van der Waals surface area contributed by atoms with Gasteiger partial charge in [0.15, 0.2) is 0 Å². The van der Waals surface area contributed by atoms with Gasteiger partial charge in [-0.25, -0.2) is 4.98 Å². The van der Waals surface area contributed by atoms with E-state index in [4.69, 9.17) is 0 Å². The first-order chi connectivity index (χ1) is 14.0. The second-order valence-electron chi connectivity index (χ2n) is 7.95. The van der Waals surface area contributed by atoms with Crippen molar-refractivity contribution in [2.45, 2.75) is 38.3 Å². The number of hydrogen-bond donors (Lipinski definition) is 3. The number of carbonyl (C=O) groups is 1. The first kappa shape index (κ1) is 17.5. The van der Waals surface area contributed by atoms with Crippen LogP contribution in [0, 0.1) is 0 Å². The number of aromatic amines is 1. The smallest absolute Gasteiger partial charge is 0.224 e. The van der Waals surface area contributed by atoms with E-state index in [0.717, 1.165) is 45.9 Å². The zero-order valence-corrected chi connectivity index (χ0v) is 16.2. The van der Waals surface area contributed by atoms with Crippen molar-refractivity contribution in [3.8, 4) is 11.1 Å². The number of nitrogens with one attached hydrogen (secondary N) is 3. The number of nitrogens with zero attached hydrogens (tertiary/aromatic N) is 4. The minimum Gasteiger partial charge on any atom is -0.351 e. The summed E-state index contributed by atoms with van der Waals surface area (Å²) in [7, 11) is 0. The molecule has 1 aliphatic rings. The lowest BCUT2D eigenvalue weighted by molar-refractivity contribution is -0.121. The van der Waals surface area contributed by atoms with E-state index in [-0.39, 0.29) is 17.5 Å². The molecule has 3 heterocycles. The first-order valence-electron chi connectivity index (χ1n) is 9.60. The van der Waals surface area contributed by atoms with Crippen LogP contribution in [-0.2, 0) is 4.79 Å². The molecule has 0 unspecified atom stereocenters. The van der Waals surface area contributed by atoms with Gasteiger partial charge >= 0.3 is 0 Å². The van der Waals surface area contributed by atoms with Crippen LogP contribution in [0.4, 0.5) is 5.95 Å². The third-order valence-corrected chi connectivity index (χ3v) is 5.46. The lowest BCUT2D eigenvalue weighted by Gasteiger charge is -2.45. The second kappa shape index (κ2) is 6.51. The standard InChI is InChI=1S/C21H21N7O/c1-12(29)27-21(2)8-15(9-21)25-20-23-11-17-16(10-22-19(17)26-20)13-3-4-18-14(7-13)5-6-24-28-18/h3-7,10-11,15H,8-9H2,1-2H3,(H,27,29)(H2,22,23,25,26)/t15-,21-. The van der Waals surface area contributed by atoms with E-state index in [2.05, 4.69) is 48.8 Å². The summed E-state index contributed by atoms with van der Waals surface area (Å²) in [5.41, 5.74) is 3.63. The van der Waals surface area contributed by atoms with E-state index >= 15 is 0 Å². The molecule has 1 fully saturated rings. The Morgan fingerprint density at radius 2 is 2.14 bits per heavy atom. The maximum absolute atomic E-state index is 11.3. The highest BCUT2D eigenvalue weighted by molar-refractivity contribution is 5.96. The fourth-order valence-electron chi connectivity index (χ4n) is 4.21. The van der Waals surface area contributed by atoms with Gasteiger partial charge < -0.3 is 15.6 Å². The lowest BCUT2D eigenvalue weighted by atomic mass is 9.74. The van der Waals surface area contributed by atoms with E-state index in [1.165, 1.54) is 0 Å². The molecule has 0 saturated heterocycles. The molecule has 0 spiro atoms. The summed E-state index contributed by atoms with van der Waals surface area (Å²) in [5, 5.41) is 16.4. The van der Waals surface area contributed by atoms with Crippen LogP contribution in [0.3, 0.4) is 0 Å². The Hall–Kier alpha value is -3.55. The molecule has 0 aliphatic heterocycles. The number of benzene rings is 1. The minimum atomic E-state index is -0.145. The van der Waals surface area contributed by atoms with E-state index in [0.29, 0.717) is 5.95 Å². The summed E-state index contributed by atoms with van der Waals surface area (Å²) < 4.78 is 0. The summed E-state index contributed by atoms with van der Waals surface area (Å²) >= 11 is 0. The van der Waals surface area contributed by atoms with E-state index in [1.54, 1.807) is 13.1 Å². The molecular weight excluding hydrogens is 366 g/mol. The van der Waals surface area contributed by atoms with Gasteiger partial charge in [0, 0.05) is 47.2 Å². The van der Waals surface area contributed by atoms with Crippen LogP contribution in [0.5, 0.6) is 0 Å². The highest BCUT2D eigenvalue weighted by Crippen LogP contribution is 2.34. The molecular formula is C21H21N7O. The van der Waals surface area contributed by atoms with Gasteiger partial charge in [0.05, 0.1) is 11.7 Å². The van der Waals surface area contributed by atoms with Crippen LogP contribution in [0.1, 0.15) is 26.7 Å². The zero-order valence-electron chi connectivity index (χ0n) is 16.2. The fourth-order valence-corrected chi connectivity index (χ4v) is 4.21. The Morgan fingerprint density at radius 1 is 1.28 bits per heavy atom. The second-order valence-corrected chi connectivity index (χ2v) is 7.95. The summed E-state index contributed by atoms with van der Waals surface area (Å²) in [6.07, 6.45) is 7.20. The Bertz CT molecular complexity index is 1230. The topological polar surface area (TPSA) is 108 Å². The van der Waals surface area contributed by atoms with Crippen molar-refractivity contribution >= 4 is 33.8 Å². The summed E-state index contributed by atoms with van der Waals surface area (Å²) in [4.78, 5) is 23.7. The number of aromatic nitrogens is 5. The van der Waals surface area contributed by atoms with Crippen molar-refractivity contribution in [3.63, 3.8) is 0 Å². The molecule has 8 heteroatoms. The molecule has 3 aromatic heterocycles. The molecule has 1 saturated carbocycles. The van der Waals surface area contributed by atoms with Gasteiger partial charge in [0.2, 0.25) is 11.9 Å². The normalized spacial score (nSPS) is 21.1. The Balaban J connectivity index is 1.37. The van der Waals surface area contributed by atoms with Gasteiger partial charge in [-0.2, -0.15) is 15.2 Å². The monoisotopic (exact) mass is 387 g/mol. The number of anilines is 1. The molecule has 1 aromatic carbocycles. The van der Waals surface area contributed by atoms with Gasteiger partial charge in [-0.05, 0) is 43.5 Å². The Labute approximate surface area is 167 Å². The van der Waals surface area contributed by atoms with Crippen molar-refractivity contribution in [1.82, 2.24) is 30.5 Å². The molecule has 4 aromatic rings. The van der Waals surface area contributed by atoms with E-state index in [9.17, 15) is 4.79 Å². The fraction of sp³-hybridized carbons (Fsp3) is 0.286. The molecule has 0 radical (unpaired) electrons. The van der Waals surface area contributed by atoms with Crippen LogP contribution in [0.25, 0.3) is 33.1 Å². The number of amides is 1. The van der Waals surface area contributed by atoms with Crippen molar-refractivity contribution in [2.24, 2.45) is 0 Å². The van der Waals surface area contributed by atoms with Crippen LogP contribution in [0.2, 0.25) is 0 Å². The van der Waals surface area contributed by atoms with Crippen molar-refractivity contribution < 1.29 is 4.79 Å². The van der Waals surface area contributed by atoms with Gasteiger partial charge in [-0.3, -0.25) is 4.79 Å². The molecule has 0 atom stereocenters. The molecule has 29 heavy (non-hydrogen) atoms. The quantitative estimate of drug-likeness (QED) is 0.497. The number of H-pyrrole nitrogens is 1. The third-order valence-electron chi connectivity index (χ3n) is 5.46. The average molecular weight is 387 g/mol. The van der Waals surface area contributed by atoms with Crippen LogP contribution in [-0.4, -0.2) is 42.6 Å². The zero-order chi connectivity index (χ0) is 20.0. The number of fused-ring (bicyclic) bond motifs is 2. The van der Waals surface area contributed by atoms with Gasteiger partial charge in [-0.1, -0.05) is 6.07 Å². The molecule has 8 nitrogen and oxygen atoms in total. The van der Waals surface area contributed by atoms with Gasteiger partial charge in [-0.15, -0.1) is 0 Å². The third kappa shape index (κ3) is 3.26. The van der Waals surface area contributed by atoms with Crippen LogP contribution >= 0.6 is 0 Å². The molecule has 0 bridgehead atoms. The maximum Gasteiger partial charge on any atom is 0.224 e. The predicted molar refractivity (Wildman–Crippen MR) is 111 cm³/mol. The molecule has 146 valence electrons. The van der Waals surface area contributed by atoms with E-state index in [1.807, 2.05) is 30.6 Å². The van der Waals surface area contributed by atoms with Gasteiger partial charge in [0.1, 0.15) is 5.65 Å². The highest BCUT2D eigenvalue weighted by atomic mass is 16.1. The average Bonchev–Trinajstić information content (AvgIpc) is 3.09. The SMILES string of the molecule is CC(=O)N[C@]1(C)C[C@@H](Nc2ncc3c(-c4ccc5nnccc5c4)c[nH]c3n2)C1. The summed E-state index contributed by atoms with van der Waals surface area (Å²) in [6, 6.07) is 8.29. The van der Waals surface area contributed by atoms with Crippen molar-refractivity contribution in [2.75, 3.05) is 5.32 Å². The highest BCUT2D eigenvalue weighted by Gasteiger charge is 2.41. The first-order valence-corrected chi connectivity index (χ1v) is 9.60. The lowest BCUT2D eigenvalue weighted by Crippen LogP contribution is -2.59. The Morgan fingerprint density at radius 3 is 2.97 bits per heavy atom. The molecule has 3 N–H and O–H groups in total. The number of hydrogen-bond acceptors (Lipinski definition) is 6. The molecule has 5 rings (SSSR count). The predicted octanol–water partition coefficient (Wildman–Crippen LogP) is 3.04. The number of carbonyl (C=O) groups excluding carboxylic acids is 1. The van der Waals surface area contributed by atoms with Gasteiger partial charge in [0.25, 0.3) is 0 Å². The van der Waals surface area contributed by atoms with Crippen molar-refractivity contribution in [3.05, 3.63) is 42.9 Å². The van der Waals surface area contributed by atoms with Crippen LogP contribution < -0.4 is 10.6 Å². The Kier molecular flexibility index (Phi) is 3.94.